The van der Waals surface area contributed by atoms with E-state index < -0.39 is 0 Å². The van der Waals surface area contributed by atoms with Crippen LogP contribution in [-0.2, 0) is 7.05 Å². The fraction of sp³-hybridized carbons (Fsp3) is 0.562. The number of aromatic nitrogens is 3. The van der Waals surface area contributed by atoms with Gasteiger partial charge in [-0.15, -0.1) is 11.3 Å². The molecule has 0 aliphatic heterocycles. The minimum absolute atomic E-state index is 0.0372. The molecule has 0 fully saturated rings. The van der Waals surface area contributed by atoms with E-state index in [4.69, 9.17) is 0 Å². The number of nitrogens with zero attached hydrogens (tertiary/aromatic N) is 4. The molecule has 1 N–H and O–H groups in total. The summed E-state index contributed by atoms with van der Waals surface area (Å²) in [6.45, 7) is 10.2. The van der Waals surface area contributed by atoms with Crippen molar-refractivity contribution >= 4 is 23.2 Å². The van der Waals surface area contributed by atoms with Crippen molar-refractivity contribution in [3.63, 3.8) is 0 Å². The standard InChI is InChI=1S/C16H25N5OS/c1-9(2)15-17-11(4)14(23-15)12(5)20(6)16(22)18-13-8-10(3)21(7)19-13/h8-9,12H,1-7H3,(H,18,19,22)/t12-/m1/s1. The fourth-order valence-electron chi connectivity index (χ4n) is 2.24. The topological polar surface area (TPSA) is 63.1 Å². The molecule has 0 saturated heterocycles. The van der Waals surface area contributed by atoms with E-state index in [-0.39, 0.29) is 12.1 Å². The Morgan fingerprint density at radius 2 is 2.00 bits per heavy atom. The summed E-state index contributed by atoms with van der Waals surface area (Å²) in [4.78, 5) is 19.9. The summed E-state index contributed by atoms with van der Waals surface area (Å²) in [5.41, 5.74) is 2.00. The van der Waals surface area contributed by atoms with Crippen LogP contribution in [0.1, 0.15) is 54.0 Å². The first-order chi connectivity index (χ1) is 10.7. The lowest BCUT2D eigenvalue weighted by molar-refractivity contribution is 0.209. The molecule has 2 aromatic rings. The van der Waals surface area contributed by atoms with Gasteiger partial charge in [-0.3, -0.25) is 10.00 Å². The maximum Gasteiger partial charge on any atom is 0.323 e. The molecule has 0 aromatic carbocycles. The third-order valence-electron chi connectivity index (χ3n) is 3.97. The van der Waals surface area contributed by atoms with Crippen LogP contribution in [-0.4, -0.2) is 32.7 Å². The third kappa shape index (κ3) is 3.72. The largest absolute Gasteiger partial charge is 0.323 e. The van der Waals surface area contributed by atoms with E-state index in [1.54, 1.807) is 28.0 Å². The summed E-state index contributed by atoms with van der Waals surface area (Å²) in [5.74, 6) is 0.966. The molecule has 0 unspecified atom stereocenters. The number of rotatable bonds is 4. The van der Waals surface area contributed by atoms with Crippen molar-refractivity contribution in [2.45, 2.75) is 46.6 Å². The fourth-order valence-corrected chi connectivity index (χ4v) is 3.40. The van der Waals surface area contributed by atoms with Gasteiger partial charge in [-0.25, -0.2) is 9.78 Å². The van der Waals surface area contributed by atoms with Crippen LogP contribution in [0.15, 0.2) is 6.07 Å². The highest BCUT2D eigenvalue weighted by molar-refractivity contribution is 7.11. The first kappa shape index (κ1) is 17.5. The molecule has 0 radical (unpaired) electrons. The number of carbonyl (C=O) groups excluding carboxylic acids is 1. The molecule has 126 valence electrons. The Bertz CT molecular complexity index is 684. The molecular formula is C16H25N5OS. The van der Waals surface area contributed by atoms with E-state index in [1.807, 2.05) is 33.9 Å². The number of urea groups is 1. The summed E-state index contributed by atoms with van der Waals surface area (Å²) in [6.07, 6.45) is 0. The van der Waals surface area contributed by atoms with Gasteiger partial charge < -0.3 is 4.90 Å². The summed E-state index contributed by atoms with van der Waals surface area (Å²) < 4.78 is 1.74. The van der Waals surface area contributed by atoms with Crippen molar-refractivity contribution < 1.29 is 4.79 Å². The SMILES string of the molecule is Cc1nc(C(C)C)sc1[C@@H](C)N(C)C(=O)Nc1cc(C)n(C)n1. The van der Waals surface area contributed by atoms with Crippen molar-refractivity contribution in [1.82, 2.24) is 19.7 Å². The Hall–Kier alpha value is -1.89. The first-order valence-electron chi connectivity index (χ1n) is 7.72. The van der Waals surface area contributed by atoms with Crippen molar-refractivity contribution in [3.8, 4) is 0 Å². The van der Waals surface area contributed by atoms with E-state index in [2.05, 4.69) is 29.2 Å². The van der Waals surface area contributed by atoms with Crippen LogP contribution in [0.2, 0.25) is 0 Å². The van der Waals surface area contributed by atoms with Gasteiger partial charge in [0.05, 0.1) is 16.7 Å². The first-order valence-corrected chi connectivity index (χ1v) is 8.54. The Morgan fingerprint density at radius 3 is 2.48 bits per heavy atom. The predicted octanol–water partition coefficient (Wildman–Crippen LogP) is 3.84. The van der Waals surface area contributed by atoms with Gasteiger partial charge in [0.15, 0.2) is 5.82 Å². The molecule has 2 amide bonds. The number of nitrogens with one attached hydrogen (secondary N) is 1. The number of anilines is 1. The summed E-state index contributed by atoms with van der Waals surface area (Å²) in [6, 6.07) is 1.64. The van der Waals surface area contributed by atoms with Crippen LogP contribution in [0, 0.1) is 13.8 Å². The van der Waals surface area contributed by atoms with Crippen molar-refractivity contribution in [2.75, 3.05) is 12.4 Å². The van der Waals surface area contributed by atoms with Gasteiger partial charge in [0, 0.05) is 36.7 Å². The lowest BCUT2D eigenvalue weighted by atomic mass is 10.2. The smallest absolute Gasteiger partial charge is 0.320 e. The maximum atomic E-state index is 12.4. The van der Waals surface area contributed by atoms with E-state index in [9.17, 15) is 4.79 Å². The Morgan fingerprint density at radius 1 is 1.35 bits per heavy atom. The van der Waals surface area contributed by atoms with Gasteiger partial charge in [-0.1, -0.05) is 13.8 Å². The number of hydrogen-bond acceptors (Lipinski definition) is 4. The highest BCUT2D eigenvalue weighted by atomic mass is 32.1. The molecule has 1 atom stereocenters. The van der Waals surface area contributed by atoms with Crippen molar-refractivity contribution in [2.24, 2.45) is 7.05 Å². The van der Waals surface area contributed by atoms with E-state index in [0.717, 1.165) is 21.3 Å². The Balaban J connectivity index is 2.12. The summed E-state index contributed by atoms with van der Waals surface area (Å²) in [5, 5.41) is 8.21. The van der Waals surface area contributed by atoms with E-state index in [1.165, 1.54) is 0 Å². The van der Waals surface area contributed by atoms with Crippen LogP contribution in [0.5, 0.6) is 0 Å². The molecule has 2 heterocycles. The van der Waals surface area contributed by atoms with Gasteiger partial charge >= 0.3 is 6.03 Å². The number of hydrogen-bond donors (Lipinski definition) is 1. The van der Waals surface area contributed by atoms with Crippen molar-refractivity contribution in [3.05, 3.63) is 27.3 Å². The van der Waals surface area contributed by atoms with Crippen LogP contribution < -0.4 is 5.32 Å². The van der Waals surface area contributed by atoms with Crippen LogP contribution >= 0.6 is 11.3 Å². The molecule has 0 bridgehead atoms. The average Bonchev–Trinajstić information content (AvgIpc) is 3.00. The van der Waals surface area contributed by atoms with Gasteiger partial charge in [-0.2, -0.15) is 5.10 Å². The highest BCUT2D eigenvalue weighted by Crippen LogP contribution is 2.32. The number of carbonyl (C=O) groups is 1. The normalized spacial score (nSPS) is 12.5. The predicted molar refractivity (Wildman–Crippen MR) is 94.1 cm³/mol. The third-order valence-corrected chi connectivity index (χ3v) is 5.60. The zero-order valence-electron chi connectivity index (χ0n) is 14.8. The molecule has 2 aromatic heterocycles. The lowest BCUT2D eigenvalue weighted by Crippen LogP contribution is -2.33. The van der Waals surface area contributed by atoms with Crippen LogP contribution in [0.3, 0.4) is 0 Å². The van der Waals surface area contributed by atoms with Gasteiger partial charge in [0.2, 0.25) is 0 Å². The van der Waals surface area contributed by atoms with Crippen LogP contribution in [0.4, 0.5) is 10.6 Å². The van der Waals surface area contributed by atoms with Crippen molar-refractivity contribution in [1.29, 1.82) is 0 Å². The second kappa shape index (κ2) is 6.70. The second-order valence-corrected chi connectivity index (χ2v) is 7.23. The minimum atomic E-state index is -0.172. The second-order valence-electron chi connectivity index (χ2n) is 6.17. The zero-order valence-corrected chi connectivity index (χ0v) is 15.7. The quantitative estimate of drug-likeness (QED) is 0.923. The Labute approximate surface area is 141 Å². The maximum absolute atomic E-state index is 12.4. The van der Waals surface area contributed by atoms with E-state index in [0.29, 0.717) is 11.7 Å². The molecular weight excluding hydrogens is 310 g/mol. The molecule has 2 rings (SSSR count). The highest BCUT2D eigenvalue weighted by Gasteiger charge is 2.23. The summed E-state index contributed by atoms with van der Waals surface area (Å²) >= 11 is 1.68. The molecule has 0 saturated carbocycles. The lowest BCUT2D eigenvalue weighted by Gasteiger charge is -2.24. The minimum Gasteiger partial charge on any atom is -0.320 e. The number of aryl methyl sites for hydroxylation is 3. The van der Waals surface area contributed by atoms with Gasteiger partial charge in [0.25, 0.3) is 0 Å². The molecule has 0 spiro atoms. The number of thiazole rings is 1. The summed E-state index contributed by atoms with van der Waals surface area (Å²) in [7, 11) is 3.65. The molecule has 0 aliphatic carbocycles. The zero-order chi connectivity index (χ0) is 17.3. The monoisotopic (exact) mass is 335 g/mol. The Kier molecular flexibility index (Phi) is 5.09. The average molecular weight is 335 g/mol. The molecule has 6 nitrogen and oxygen atoms in total. The van der Waals surface area contributed by atoms with Crippen LogP contribution in [0.25, 0.3) is 0 Å². The van der Waals surface area contributed by atoms with Gasteiger partial charge in [-0.05, 0) is 20.8 Å². The van der Waals surface area contributed by atoms with Gasteiger partial charge in [0.1, 0.15) is 0 Å². The molecule has 0 aliphatic rings. The molecule has 23 heavy (non-hydrogen) atoms. The molecule has 7 heteroatoms. The number of amides is 2. The van der Waals surface area contributed by atoms with E-state index >= 15 is 0 Å².